The third-order valence-electron chi connectivity index (χ3n) is 3.44. The van der Waals surface area contributed by atoms with E-state index in [1.807, 2.05) is 29.7 Å². The van der Waals surface area contributed by atoms with Gasteiger partial charge in [-0.05, 0) is 23.8 Å². The Labute approximate surface area is 139 Å². The summed E-state index contributed by atoms with van der Waals surface area (Å²) in [6, 6.07) is 3.80. The molecule has 0 aliphatic carbocycles. The molecule has 1 aliphatic heterocycles. The molecule has 0 saturated heterocycles. The molecule has 0 atom stereocenters. The summed E-state index contributed by atoms with van der Waals surface area (Å²) in [4.78, 5) is 1.02. The number of fused-ring (bicyclic) bond motifs is 1. The SMILES string of the molecule is COc1cc(/C=C\c2scc3c2OCCO3)cc(OC)c1OC. The summed E-state index contributed by atoms with van der Waals surface area (Å²) in [6.07, 6.45) is 3.98. The zero-order valence-corrected chi connectivity index (χ0v) is 14.1. The van der Waals surface area contributed by atoms with E-state index in [2.05, 4.69) is 0 Å². The highest BCUT2D eigenvalue weighted by Gasteiger charge is 2.17. The first kappa shape index (κ1) is 15.6. The average molecular weight is 334 g/mol. The summed E-state index contributed by atoms with van der Waals surface area (Å²) < 4.78 is 27.3. The van der Waals surface area contributed by atoms with Crippen LogP contribution in [-0.2, 0) is 0 Å². The molecule has 2 aromatic rings. The second kappa shape index (κ2) is 6.83. The van der Waals surface area contributed by atoms with Crippen molar-refractivity contribution in [2.75, 3.05) is 34.5 Å². The molecule has 6 heteroatoms. The Morgan fingerprint density at radius 3 is 2.30 bits per heavy atom. The van der Waals surface area contributed by atoms with E-state index in [0.717, 1.165) is 21.9 Å². The molecule has 1 aromatic carbocycles. The number of ether oxygens (including phenoxy) is 5. The van der Waals surface area contributed by atoms with Crippen molar-refractivity contribution in [2.45, 2.75) is 0 Å². The molecule has 0 saturated carbocycles. The molecule has 0 fully saturated rings. The summed E-state index contributed by atoms with van der Waals surface area (Å²) in [5, 5.41) is 1.96. The van der Waals surface area contributed by atoms with Crippen LogP contribution in [0.1, 0.15) is 10.4 Å². The smallest absolute Gasteiger partial charge is 0.203 e. The highest BCUT2D eigenvalue weighted by Crippen LogP contribution is 2.41. The van der Waals surface area contributed by atoms with Crippen LogP contribution in [-0.4, -0.2) is 34.5 Å². The first-order chi connectivity index (χ1) is 11.3. The summed E-state index contributed by atoms with van der Waals surface area (Å²) in [7, 11) is 4.79. The molecule has 0 radical (unpaired) electrons. The molecule has 23 heavy (non-hydrogen) atoms. The van der Waals surface area contributed by atoms with Crippen molar-refractivity contribution in [1.29, 1.82) is 0 Å². The lowest BCUT2D eigenvalue weighted by molar-refractivity contribution is 0.173. The Hall–Kier alpha value is -2.34. The Morgan fingerprint density at radius 1 is 0.957 bits per heavy atom. The number of thiophene rings is 1. The summed E-state index contributed by atoms with van der Waals surface area (Å²) in [5.74, 6) is 3.45. The quantitative estimate of drug-likeness (QED) is 0.834. The lowest BCUT2D eigenvalue weighted by Crippen LogP contribution is -2.14. The van der Waals surface area contributed by atoms with E-state index >= 15 is 0 Å². The number of benzene rings is 1. The summed E-state index contributed by atoms with van der Waals surface area (Å²) in [5.41, 5.74) is 0.943. The van der Waals surface area contributed by atoms with Crippen molar-refractivity contribution < 1.29 is 23.7 Å². The van der Waals surface area contributed by atoms with Gasteiger partial charge in [-0.1, -0.05) is 6.08 Å². The monoisotopic (exact) mass is 334 g/mol. The minimum absolute atomic E-state index is 0.578. The van der Waals surface area contributed by atoms with Gasteiger partial charge in [-0.15, -0.1) is 11.3 Å². The van der Waals surface area contributed by atoms with Gasteiger partial charge in [-0.2, -0.15) is 0 Å². The number of rotatable bonds is 5. The fourth-order valence-electron chi connectivity index (χ4n) is 2.37. The van der Waals surface area contributed by atoms with Crippen molar-refractivity contribution in [1.82, 2.24) is 0 Å². The average Bonchev–Trinajstić information content (AvgIpc) is 3.02. The zero-order chi connectivity index (χ0) is 16.2. The molecule has 0 amide bonds. The molecule has 0 N–H and O–H groups in total. The van der Waals surface area contributed by atoms with Gasteiger partial charge in [0.15, 0.2) is 23.0 Å². The maximum Gasteiger partial charge on any atom is 0.203 e. The van der Waals surface area contributed by atoms with Gasteiger partial charge in [0.2, 0.25) is 5.75 Å². The maximum atomic E-state index is 5.67. The van der Waals surface area contributed by atoms with Crippen LogP contribution < -0.4 is 23.7 Å². The van der Waals surface area contributed by atoms with E-state index in [1.54, 1.807) is 32.7 Å². The molecular formula is C17H18O5S. The lowest BCUT2D eigenvalue weighted by Gasteiger charge is -2.15. The Bertz CT molecular complexity index is 695. The number of hydrogen-bond donors (Lipinski definition) is 0. The molecule has 5 nitrogen and oxygen atoms in total. The van der Waals surface area contributed by atoms with Crippen LogP contribution in [0.25, 0.3) is 12.2 Å². The van der Waals surface area contributed by atoms with Crippen LogP contribution in [0.15, 0.2) is 17.5 Å². The van der Waals surface area contributed by atoms with Crippen LogP contribution in [0.5, 0.6) is 28.7 Å². The van der Waals surface area contributed by atoms with E-state index in [-0.39, 0.29) is 0 Å². The minimum Gasteiger partial charge on any atom is -0.493 e. The van der Waals surface area contributed by atoms with Crippen LogP contribution in [0.2, 0.25) is 0 Å². The second-order valence-electron chi connectivity index (χ2n) is 4.78. The van der Waals surface area contributed by atoms with E-state index < -0.39 is 0 Å². The Balaban J connectivity index is 1.92. The van der Waals surface area contributed by atoms with Gasteiger partial charge in [-0.3, -0.25) is 0 Å². The molecule has 1 aromatic heterocycles. The van der Waals surface area contributed by atoms with Crippen molar-refractivity contribution in [3.8, 4) is 28.7 Å². The van der Waals surface area contributed by atoms with Crippen LogP contribution in [0, 0.1) is 0 Å². The third kappa shape index (κ3) is 3.07. The van der Waals surface area contributed by atoms with Gasteiger partial charge < -0.3 is 23.7 Å². The Morgan fingerprint density at radius 2 is 1.65 bits per heavy atom. The molecule has 2 heterocycles. The van der Waals surface area contributed by atoms with Gasteiger partial charge in [-0.25, -0.2) is 0 Å². The highest BCUT2D eigenvalue weighted by atomic mass is 32.1. The summed E-state index contributed by atoms with van der Waals surface area (Å²) in [6.45, 7) is 1.18. The second-order valence-corrected chi connectivity index (χ2v) is 5.69. The number of methoxy groups -OCH3 is 3. The van der Waals surface area contributed by atoms with E-state index in [0.29, 0.717) is 30.5 Å². The van der Waals surface area contributed by atoms with Gasteiger partial charge in [0, 0.05) is 5.38 Å². The topological polar surface area (TPSA) is 46.2 Å². The third-order valence-corrected chi connectivity index (χ3v) is 4.35. The normalized spacial score (nSPS) is 13.2. The first-order valence-electron chi connectivity index (χ1n) is 7.12. The molecule has 122 valence electrons. The highest BCUT2D eigenvalue weighted by molar-refractivity contribution is 7.11. The van der Waals surface area contributed by atoms with Gasteiger partial charge in [0.05, 0.1) is 26.2 Å². The molecule has 0 unspecified atom stereocenters. The van der Waals surface area contributed by atoms with Gasteiger partial charge in [0.1, 0.15) is 13.2 Å². The largest absolute Gasteiger partial charge is 0.493 e. The van der Waals surface area contributed by atoms with E-state index in [9.17, 15) is 0 Å². The van der Waals surface area contributed by atoms with Gasteiger partial charge >= 0.3 is 0 Å². The van der Waals surface area contributed by atoms with E-state index in [4.69, 9.17) is 23.7 Å². The predicted molar refractivity (Wildman–Crippen MR) is 90.3 cm³/mol. The first-order valence-corrected chi connectivity index (χ1v) is 8.00. The number of hydrogen-bond acceptors (Lipinski definition) is 6. The fraction of sp³-hybridized carbons (Fsp3) is 0.294. The maximum absolute atomic E-state index is 5.67. The molecular weight excluding hydrogens is 316 g/mol. The fourth-order valence-corrected chi connectivity index (χ4v) is 3.19. The predicted octanol–water partition coefficient (Wildman–Crippen LogP) is 3.72. The van der Waals surface area contributed by atoms with Crippen molar-refractivity contribution in [3.63, 3.8) is 0 Å². The zero-order valence-electron chi connectivity index (χ0n) is 13.3. The van der Waals surface area contributed by atoms with Crippen LogP contribution in [0.4, 0.5) is 0 Å². The summed E-state index contributed by atoms with van der Waals surface area (Å²) >= 11 is 1.59. The van der Waals surface area contributed by atoms with Crippen molar-refractivity contribution in [3.05, 3.63) is 28.0 Å². The van der Waals surface area contributed by atoms with Crippen LogP contribution in [0.3, 0.4) is 0 Å². The molecule has 3 rings (SSSR count). The molecule has 0 bridgehead atoms. The lowest BCUT2D eigenvalue weighted by atomic mass is 10.1. The van der Waals surface area contributed by atoms with Crippen molar-refractivity contribution in [2.24, 2.45) is 0 Å². The Kier molecular flexibility index (Phi) is 4.62. The van der Waals surface area contributed by atoms with Gasteiger partial charge in [0.25, 0.3) is 0 Å². The standard InChI is InChI=1S/C17H18O5S/c1-18-12-8-11(9-13(19-2)16(12)20-3)4-5-15-17-14(10-23-15)21-6-7-22-17/h4-5,8-10H,6-7H2,1-3H3/b5-4-. The molecule has 1 aliphatic rings. The molecule has 0 spiro atoms. The van der Waals surface area contributed by atoms with Crippen LogP contribution >= 0.6 is 11.3 Å². The van der Waals surface area contributed by atoms with E-state index in [1.165, 1.54) is 0 Å². The minimum atomic E-state index is 0.578. The van der Waals surface area contributed by atoms with Crippen molar-refractivity contribution >= 4 is 23.5 Å².